The summed E-state index contributed by atoms with van der Waals surface area (Å²) >= 11 is 6.94. The number of hydrogen-bond donors (Lipinski definition) is 0. The minimum atomic E-state index is -5.03. The lowest BCUT2D eigenvalue weighted by molar-refractivity contribution is -0.208. The Kier molecular flexibility index (Phi) is 8.58. The largest absolute Gasteiger partial charge is 0.505 e. The summed E-state index contributed by atoms with van der Waals surface area (Å²) in [5.41, 5.74) is -0.658. The Balaban J connectivity index is 1.19. The number of rotatable bonds is 9. The molecule has 1 aliphatic carbocycles. The first-order valence-corrected chi connectivity index (χ1v) is 19.6. The van der Waals surface area contributed by atoms with Gasteiger partial charge in [-0.1, -0.05) is 41.9 Å². The lowest BCUT2D eigenvalue weighted by Gasteiger charge is -2.30. The van der Waals surface area contributed by atoms with Crippen molar-refractivity contribution in [1.29, 1.82) is 0 Å². The number of aromatic nitrogens is 7. The highest BCUT2D eigenvalue weighted by Crippen LogP contribution is 2.57. The van der Waals surface area contributed by atoms with E-state index in [-0.39, 0.29) is 86.5 Å². The molecule has 3 saturated heterocycles. The summed E-state index contributed by atoms with van der Waals surface area (Å²) in [5.74, 6) is -0.152. The number of ether oxygens (including phenoxy) is 3. The lowest BCUT2D eigenvalue weighted by Crippen LogP contribution is -2.43. The Bertz CT molecular complexity index is 2580. The quantitative estimate of drug-likeness (QED) is 0.134. The number of hydrogen-bond acceptors (Lipinski definition) is 8. The minimum absolute atomic E-state index is 0.0168. The summed E-state index contributed by atoms with van der Waals surface area (Å²) in [5, 5.41) is 9.24. The van der Waals surface area contributed by atoms with Crippen LogP contribution in [0.5, 0.6) is 11.9 Å². The first-order chi connectivity index (χ1) is 27.5. The zero-order valence-corrected chi connectivity index (χ0v) is 31.7. The predicted octanol–water partition coefficient (Wildman–Crippen LogP) is 9.17. The molecule has 7 heterocycles. The highest BCUT2D eigenvalue weighted by atomic mass is 35.5. The molecule has 57 heavy (non-hydrogen) atoms. The van der Waals surface area contributed by atoms with Crippen LogP contribution in [0.15, 0.2) is 54.5 Å². The van der Waals surface area contributed by atoms with Gasteiger partial charge in [0.2, 0.25) is 5.88 Å². The van der Waals surface area contributed by atoms with E-state index in [9.17, 15) is 4.39 Å². The van der Waals surface area contributed by atoms with E-state index in [0.29, 0.717) is 48.8 Å². The van der Waals surface area contributed by atoms with Crippen LogP contribution in [0.4, 0.5) is 22.0 Å². The monoisotopic (exact) mass is 808 g/mol. The molecule has 1 saturated carbocycles. The van der Waals surface area contributed by atoms with Crippen LogP contribution in [0.25, 0.3) is 44.2 Å². The van der Waals surface area contributed by atoms with Crippen molar-refractivity contribution in [3.63, 3.8) is 0 Å². The highest BCUT2D eigenvalue weighted by Gasteiger charge is 2.50. The normalized spacial score (nSPS) is 23.0. The fourth-order valence-electron chi connectivity index (χ4n) is 9.16. The second-order valence-corrected chi connectivity index (χ2v) is 16.1. The molecule has 4 aromatic heterocycles. The van der Waals surface area contributed by atoms with Gasteiger partial charge in [-0.25, -0.2) is 13.5 Å². The van der Waals surface area contributed by atoms with Gasteiger partial charge in [0.15, 0.2) is 11.9 Å². The van der Waals surface area contributed by atoms with E-state index in [0.717, 1.165) is 37.8 Å². The molecule has 0 radical (unpaired) electrons. The van der Waals surface area contributed by atoms with Crippen molar-refractivity contribution in [2.24, 2.45) is 7.05 Å². The van der Waals surface area contributed by atoms with E-state index in [1.165, 1.54) is 10.8 Å². The van der Waals surface area contributed by atoms with Crippen molar-refractivity contribution >= 4 is 44.6 Å². The number of nitrogens with zero attached hydrogens (tertiary/aromatic N) is 8. The number of aryl methyl sites for hydroxylation is 1. The molecular formula is C40H38ClF5N8O3. The van der Waals surface area contributed by atoms with Crippen LogP contribution in [0.1, 0.15) is 68.7 Å². The lowest BCUT2D eigenvalue weighted by atomic mass is 9.94. The van der Waals surface area contributed by atoms with Gasteiger partial charge in [0.1, 0.15) is 35.5 Å². The van der Waals surface area contributed by atoms with Crippen molar-refractivity contribution in [2.75, 3.05) is 26.3 Å². The number of halogens is 6. The van der Waals surface area contributed by atoms with Crippen molar-refractivity contribution < 1.29 is 36.2 Å². The Morgan fingerprint density at radius 1 is 1.05 bits per heavy atom. The van der Waals surface area contributed by atoms with Gasteiger partial charge in [0, 0.05) is 41.7 Å². The number of alkyl halides is 4. The third-order valence-electron chi connectivity index (χ3n) is 12.0. The Labute approximate surface area is 327 Å². The highest BCUT2D eigenvalue weighted by molar-refractivity contribution is 6.33. The van der Waals surface area contributed by atoms with Crippen molar-refractivity contribution in [3.8, 4) is 23.1 Å². The minimum Gasteiger partial charge on any atom is -0.472 e. The molecular weight excluding hydrogens is 771 g/mol. The fourth-order valence-corrected chi connectivity index (χ4v) is 9.53. The van der Waals surface area contributed by atoms with Gasteiger partial charge < -0.3 is 18.8 Å². The van der Waals surface area contributed by atoms with Gasteiger partial charge in [0.25, 0.3) is 0 Å². The summed E-state index contributed by atoms with van der Waals surface area (Å²) in [4.78, 5) is 11.5. The molecule has 4 fully saturated rings. The van der Waals surface area contributed by atoms with E-state index in [4.69, 9.17) is 30.8 Å². The summed E-state index contributed by atoms with van der Waals surface area (Å²) in [6.45, 7) is 1.93. The first kappa shape index (κ1) is 36.5. The maximum Gasteiger partial charge on any atom is 0.505 e. The number of fused-ring (bicyclic) bond motifs is 5. The van der Waals surface area contributed by atoms with E-state index in [1.807, 2.05) is 30.3 Å². The summed E-state index contributed by atoms with van der Waals surface area (Å²) in [7, 11) is 1.57. The second-order valence-electron chi connectivity index (χ2n) is 15.7. The van der Waals surface area contributed by atoms with E-state index < -0.39 is 23.7 Å². The van der Waals surface area contributed by atoms with Crippen LogP contribution in [0, 0.1) is 0 Å². The molecule has 2 aromatic carbocycles. The summed E-state index contributed by atoms with van der Waals surface area (Å²) in [6, 6.07) is 10.7. The molecule has 1 unspecified atom stereocenters. The van der Waals surface area contributed by atoms with Crippen LogP contribution in [-0.4, -0.2) is 70.8 Å². The molecule has 0 amide bonds. The van der Waals surface area contributed by atoms with Crippen LogP contribution < -0.4 is 9.47 Å². The molecule has 0 N–H and O–H groups in total. The summed E-state index contributed by atoms with van der Waals surface area (Å²) in [6.07, 6.45) is 1.67. The average molecular weight is 809 g/mol. The SMILES string of the molecule is Cn1c2nc(OC[C@@]34CCCN3C/C(=C\F)C4)nc(OCc3ccccc3)c2c2c1c(-c1c(C3(F)CC3)c(Cl)cc3c1cnn3C1CCCCO1)nn2C(F)(F)F. The molecule has 2 atom stereocenters. The molecule has 6 aromatic rings. The van der Waals surface area contributed by atoms with E-state index >= 15 is 17.6 Å². The summed E-state index contributed by atoms with van der Waals surface area (Å²) < 4.78 is 97.9. The molecule has 3 aliphatic heterocycles. The second kappa shape index (κ2) is 13.4. The van der Waals surface area contributed by atoms with Gasteiger partial charge in [-0.2, -0.15) is 24.8 Å². The van der Waals surface area contributed by atoms with Gasteiger partial charge in [-0.05, 0) is 75.1 Å². The van der Waals surface area contributed by atoms with Crippen molar-refractivity contribution in [3.05, 3.63) is 70.6 Å². The van der Waals surface area contributed by atoms with Crippen LogP contribution in [0.3, 0.4) is 0 Å². The van der Waals surface area contributed by atoms with Gasteiger partial charge in [-0.15, -0.1) is 13.2 Å². The maximum atomic E-state index is 16.5. The molecule has 0 spiro atoms. The first-order valence-electron chi connectivity index (χ1n) is 19.2. The van der Waals surface area contributed by atoms with Crippen LogP contribution in [0.2, 0.25) is 5.02 Å². The molecule has 298 valence electrons. The molecule has 0 bridgehead atoms. The molecule has 17 heteroatoms. The predicted molar refractivity (Wildman–Crippen MR) is 201 cm³/mol. The molecule has 4 aliphatic rings. The van der Waals surface area contributed by atoms with Crippen LogP contribution in [-0.2, 0) is 30.4 Å². The number of benzene rings is 2. The van der Waals surface area contributed by atoms with E-state index in [2.05, 4.69) is 20.1 Å². The zero-order valence-electron chi connectivity index (χ0n) is 31.0. The smallest absolute Gasteiger partial charge is 0.472 e. The van der Waals surface area contributed by atoms with Gasteiger partial charge in [0.05, 0.1) is 29.1 Å². The third kappa shape index (κ3) is 5.96. The van der Waals surface area contributed by atoms with Gasteiger partial charge >= 0.3 is 12.3 Å². The Morgan fingerprint density at radius 2 is 1.88 bits per heavy atom. The Morgan fingerprint density at radius 3 is 2.61 bits per heavy atom. The molecule has 10 rings (SSSR count). The van der Waals surface area contributed by atoms with E-state index in [1.54, 1.807) is 17.8 Å². The van der Waals surface area contributed by atoms with Crippen LogP contribution >= 0.6 is 11.6 Å². The van der Waals surface area contributed by atoms with Gasteiger partial charge in [-0.3, -0.25) is 4.90 Å². The molecule has 11 nitrogen and oxygen atoms in total. The van der Waals surface area contributed by atoms with Crippen molar-refractivity contribution in [2.45, 2.75) is 81.7 Å². The Hall–Kier alpha value is -4.80. The third-order valence-corrected chi connectivity index (χ3v) is 12.3. The standard InChI is InChI=1S/C40H38ClF5N8O3/c1-51-34-32(29-25-19-47-53(28-10-5-6-15-55-28)27(25)16-26(41)31(29)39(43)12-13-39)50-54(40(44,45)46)33(34)30-35(51)48-37(49-36(30)56-21-23-8-3-2-4-9-23)57-22-38-11-7-14-52(38)20-24(17-38)18-42/h2-4,8-9,16,18-19,28H,5-7,10-15,17,20-22H2,1H3/b24-18-/t28?,38-/m0/s1. The average Bonchev–Trinajstić information content (AvgIpc) is 3.66. The van der Waals surface area contributed by atoms with Crippen molar-refractivity contribution in [1.82, 2.24) is 39.0 Å². The zero-order chi connectivity index (χ0) is 39.3. The maximum absolute atomic E-state index is 16.5. The topological polar surface area (TPSA) is 97.3 Å². The fraction of sp³-hybridized carbons (Fsp3) is 0.450.